The van der Waals surface area contributed by atoms with E-state index in [-0.39, 0.29) is 23.9 Å². The summed E-state index contributed by atoms with van der Waals surface area (Å²) in [6, 6.07) is 19.8. The van der Waals surface area contributed by atoms with E-state index in [1.165, 1.54) is 0 Å². The molecular weight excluding hydrogens is 248 g/mol. The molecule has 1 aliphatic rings. The van der Waals surface area contributed by atoms with E-state index in [1.54, 1.807) is 0 Å². The Kier molecular flexibility index (Phi) is 3.52. The molecule has 20 heavy (non-hydrogen) atoms. The fourth-order valence-electron chi connectivity index (χ4n) is 2.90. The molecule has 0 bridgehead atoms. The molecule has 0 aliphatic carbocycles. The Morgan fingerprint density at radius 2 is 1.45 bits per heavy atom. The van der Waals surface area contributed by atoms with Gasteiger partial charge in [0.15, 0.2) is 0 Å². The Balaban J connectivity index is 1.92. The average Bonchev–Trinajstić information content (AvgIpc) is 2.51. The van der Waals surface area contributed by atoms with E-state index in [4.69, 9.17) is 5.73 Å². The van der Waals surface area contributed by atoms with Gasteiger partial charge in [-0.25, -0.2) is 0 Å². The number of carbonyl (C=O) groups excluding carboxylic acids is 1. The molecule has 1 heterocycles. The van der Waals surface area contributed by atoms with Crippen LogP contribution in [-0.2, 0) is 4.79 Å². The van der Waals surface area contributed by atoms with E-state index in [0.717, 1.165) is 11.1 Å². The minimum atomic E-state index is -0.123. The summed E-state index contributed by atoms with van der Waals surface area (Å²) >= 11 is 0. The quantitative estimate of drug-likeness (QED) is 0.876. The molecule has 0 radical (unpaired) electrons. The minimum absolute atomic E-state index is 0.0643. The number of rotatable bonds is 2. The molecule has 0 saturated carbocycles. The van der Waals surface area contributed by atoms with Gasteiger partial charge in [-0.15, -0.1) is 0 Å². The van der Waals surface area contributed by atoms with Gasteiger partial charge in [0.2, 0.25) is 5.91 Å². The molecule has 2 aromatic rings. The number of benzene rings is 2. The van der Waals surface area contributed by atoms with E-state index in [2.05, 4.69) is 5.32 Å². The molecule has 1 saturated heterocycles. The highest BCUT2D eigenvalue weighted by molar-refractivity contribution is 5.79. The number of hydrogen-bond donors (Lipinski definition) is 2. The van der Waals surface area contributed by atoms with Crippen molar-refractivity contribution in [3.8, 4) is 0 Å². The maximum absolute atomic E-state index is 12.0. The summed E-state index contributed by atoms with van der Waals surface area (Å²) in [7, 11) is 0. The number of nitrogens with one attached hydrogen (secondary N) is 1. The Morgan fingerprint density at radius 3 is 2.05 bits per heavy atom. The Bertz CT molecular complexity index is 531. The fraction of sp³-hybridized carbons (Fsp3) is 0.235. The zero-order valence-electron chi connectivity index (χ0n) is 11.2. The lowest BCUT2D eigenvalue weighted by molar-refractivity contribution is -0.124. The second kappa shape index (κ2) is 5.47. The van der Waals surface area contributed by atoms with Crippen LogP contribution in [0.2, 0.25) is 0 Å². The van der Waals surface area contributed by atoms with Crippen molar-refractivity contribution >= 4 is 5.91 Å². The van der Waals surface area contributed by atoms with E-state index >= 15 is 0 Å². The number of amides is 1. The summed E-state index contributed by atoms with van der Waals surface area (Å²) in [5, 5.41) is 3.02. The number of carbonyl (C=O) groups is 1. The van der Waals surface area contributed by atoms with Crippen LogP contribution in [-0.4, -0.2) is 11.9 Å². The third-order valence-electron chi connectivity index (χ3n) is 3.96. The van der Waals surface area contributed by atoms with Crippen molar-refractivity contribution < 1.29 is 4.79 Å². The smallest absolute Gasteiger partial charge is 0.221 e. The molecule has 0 aromatic heterocycles. The maximum atomic E-state index is 12.0. The molecule has 102 valence electrons. The normalized spacial score (nSPS) is 26.1. The molecule has 3 unspecified atom stereocenters. The van der Waals surface area contributed by atoms with Gasteiger partial charge in [0.1, 0.15) is 0 Å². The molecule has 1 aliphatic heterocycles. The first kappa shape index (κ1) is 12.9. The first-order valence-corrected chi connectivity index (χ1v) is 6.90. The number of piperidine rings is 1. The summed E-state index contributed by atoms with van der Waals surface area (Å²) in [5.41, 5.74) is 8.63. The average molecular weight is 266 g/mol. The third kappa shape index (κ3) is 2.45. The molecular formula is C17H18N2O. The van der Waals surface area contributed by atoms with Crippen molar-refractivity contribution in [1.29, 1.82) is 0 Å². The molecule has 3 atom stereocenters. The van der Waals surface area contributed by atoms with E-state index < -0.39 is 0 Å². The molecule has 1 fully saturated rings. The summed E-state index contributed by atoms with van der Waals surface area (Å²) in [5.74, 6) is 0.129. The SMILES string of the molecule is NC1C(c2ccccc2)CC(=O)NC1c1ccccc1. The van der Waals surface area contributed by atoms with Crippen molar-refractivity contribution in [2.75, 3.05) is 0 Å². The van der Waals surface area contributed by atoms with Crippen LogP contribution >= 0.6 is 0 Å². The Labute approximate surface area is 118 Å². The molecule has 3 rings (SSSR count). The zero-order valence-corrected chi connectivity index (χ0v) is 11.2. The van der Waals surface area contributed by atoms with E-state index in [0.29, 0.717) is 6.42 Å². The second-order valence-corrected chi connectivity index (χ2v) is 5.25. The fourth-order valence-corrected chi connectivity index (χ4v) is 2.90. The van der Waals surface area contributed by atoms with E-state index in [1.807, 2.05) is 60.7 Å². The van der Waals surface area contributed by atoms with Gasteiger partial charge in [0.05, 0.1) is 6.04 Å². The maximum Gasteiger partial charge on any atom is 0.221 e. The lowest BCUT2D eigenvalue weighted by Crippen LogP contribution is -2.50. The predicted molar refractivity (Wildman–Crippen MR) is 79.1 cm³/mol. The Hall–Kier alpha value is -2.13. The van der Waals surface area contributed by atoms with Gasteiger partial charge < -0.3 is 11.1 Å². The highest BCUT2D eigenvalue weighted by Gasteiger charge is 2.35. The Morgan fingerprint density at radius 1 is 0.900 bits per heavy atom. The lowest BCUT2D eigenvalue weighted by Gasteiger charge is -2.36. The van der Waals surface area contributed by atoms with Gasteiger partial charge in [-0.2, -0.15) is 0 Å². The van der Waals surface area contributed by atoms with Crippen LogP contribution in [0.25, 0.3) is 0 Å². The standard InChI is InChI=1S/C17H18N2O/c18-16-14(12-7-3-1-4-8-12)11-15(20)19-17(16)13-9-5-2-6-10-13/h1-10,14,16-17H,11,18H2,(H,19,20). The third-order valence-corrected chi connectivity index (χ3v) is 3.96. The van der Waals surface area contributed by atoms with Crippen LogP contribution in [0.4, 0.5) is 0 Å². The minimum Gasteiger partial charge on any atom is -0.348 e. The summed E-state index contributed by atoms with van der Waals surface area (Å²) in [6.07, 6.45) is 0.453. The summed E-state index contributed by atoms with van der Waals surface area (Å²) in [6.45, 7) is 0. The van der Waals surface area contributed by atoms with Gasteiger partial charge in [-0.3, -0.25) is 4.79 Å². The number of hydrogen-bond acceptors (Lipinski definition) is 2. The molecule has 3 heteroatoms. The van der Waals surface area contributed by atoms with Crippen molar-refractivity contribution in [3.63, 3.8) is 0 Å². The largest absolute Gasteiger partial charge is 0.348 e. The van der Waals surface area contributed by atoms with Crippen LogP contribution in [0.15, 0.2) is 60.7 Å². The molecule has 3 N–H and O–H groups in total. The molecule has 3 nitrogen and oxygen atoms in total. The van der Waals surface area contributed by atoms with Gasteiger partial charge in [-0.05, 0) is 11.1 Å². The molecule has 0 spiro atoms. The van der Waals surface area contributed by atoms with Crippen molar-refractivity contribution in [1.82, 2.24) is 5.32 Å². The van der Waals surface area contributed by atoms with Crippen molar-refractivity contribution in [2.24, 2.45) is 5.73 Å². The van der Waals surface area contributed by atoms with Gasteiger partial charge in [0.25, 0.3) is 0 Å². The highest BCUT2D eigenvalue weighted by atomic mass is 16.1. The lowest BCUT2D eigenvalue weighted by atomic mass is 9.80. The first-order valence-electron chi connectivity index (χ1n) is 6.90. The second-order valence-electron chi connectivity index (χ2n) is 5.25. The van der Waals surface area contributed by atoms with E-state index in [9.17, 15) is 4.79 Å². The zero-order chi connectivity index (χ0) is 13.9. The summed E-state index contributed by atoms with van der Waals surface area (Å²) in [4.78, 5) is 12.0. The van der Waals surface area contributed by atoms with Crippen molar-refractivity contribution in [3.05, 3.63) is 71.8 Å². The summed E-state index contributed by atoms with van der Waals surface area (Å²) < 4.78 is 0. The van der Waals surface area contributed by atoms with Crippen LogP contribution in [0.3, 0.4) is 0 Å². The number of nitrogens with two attached hydrogens (primary N) is 1. The van der Waals surface area contributed by atoms with Crippen molar-refractivity contribution in [2.45, 2.75) is 24.4 Å². The van der Waals surface area contributed by atoms with Gasteiger partial charge in [-0.1, -0.05) is 60.7 Å². The van der Waals surface area contributed by atoms with Gasteiger partial charge >= 0.3 is 0 Å². The molecule has 2 aromatic carbocycles. The molecule has 1 amide bonds. The monoisotopic (exact) mass is 266 g/mol. The van der Waals surface area contributed by atoms with Crippen LogP contribution < -0.4 is 11.1 Å². The van der Waals surface area contributed by atoms with Crippen LogP contribution in [0.1, 0.15) is 29.5 Å². The van der Waals surface area contributed by atoms with Gasteiger partial charge in [0, 0.05) is 18.4 Å². The topological polar surface area (TPSA) is 55.1 Å². The predicted octanol–water partition coefficient (Wildman–Crippen LogP) is 2.36. The highest BCUT2D eigenvalue weighted by Crippen LogP contribution is 2.33. The first-order chi connectivity index (χ1) is 9.75. The van der Waals surface area contributed by atoms with Crippen LogP contribution in [0, 0.1) is 0 Å². The van der Waals surface area contributed by atoms with Crippen LogP contribution in [0.5, 0.6) is 0 Å².